The van der Waals surface area contributed by atoms with Crippen LogP contribution >= 0.6 is 0 Å². The topological polar surface area (TPSA) is 108 Å². The normalized spacial score (nSPS) is 22.5. The van der Waals surface area contributed by atoms with Gasteiger partial charge < -0.3 is 29.9 Å². The predicted molar refractivity (Wildman–Crippen MR) is 178 cm³/mol. The van der Waals surface area contributed by atoms with Gasteiger partial charge in [-0.1, -0.05) is 86.8 Å². The van der Waals surface area contributed by atoms with Crippen molar-refractivity contribution >= 4 is 11.9 Å². The van der Waals surface area contributed by atoms with Crippen molar-refractivity contribution in [3.8, 4) is 11.1 Å². The smallest absolute Gasteiger partial charge is 0.303 e. The van der Waals surface area contributed by atoms with E-state index < -0.39 is 12.3 Å². The second kappa shape index (κ2) is 16.8. The fraction of sp³-hybridized carbons (Fsp3) is 0.474. The van der Waals surface area contributed by atoms with Crippen LogP contribution in [-0.2, 0) is 32.2 Å². The average molecular weight is 629 g/mol. The fourth-order valence-corrected chi connectivity index (χ4v) is 6.49. The first-order valence-corrected chi connectivity index (χ1v) is 16.8. The number of nitrogens with zero attached hydrogens (tertiary/aromatic N) is 1. The molecule has 2 aliphatic heterocycles. The van der Waals surface area contributed by atoms with E-state index in [1.165, 1.54) is 32.1 Å². The number of amides is 1. The van der Waals surface area contributed by atoms with E-state index in [0.29, 0.717) is 13.0 Å². The van der Waals surface area contributed by atoms with E-state index in [2.05, 4.69) is 59.6 Å². The number of benzene rings is 3. The molecule has 2 fully saturated rings. The number of carbonyl (C=O) groups is 2. The van der Waals surface area contributed by atoms with Crippen LogP contribution < -0.4 is 5.32 Å². The molecule has 3 aromatic carbocycles. The first-order chi connectivity index (χ1) is 22.4. The molecule has 246 valence electrons. The highest BCUT2D eigenvalue weighted by atomic mass is 16.7. The maximum atomic E-state index is 12.2. The molecule has 5 rings (SSSR count). The summed E-state index contributed by atoms with van der Waals surface area (Å²) in [5.74, 6) is -0.905. The predicted octanol–water partition coefficient (Wildman–Crippen LogP) is 6.77. The molecule has 0 aliphatic carbocycles. The SMILES string of the molecule is CC1C(CN2CCCCCCC2)OC(c2cccc(-c3cccc(CNC(=O)CCCC(=O)O)c3)c2)OC1c1ccc(CO)cc1. The van der Waals surface area contributed by atoms with E-state index in [4.69, 9.17) is 14.6 Å². The van der Waals surface area contributed by atoms with Gasteiger partial charge in [0.1, 0.15) is 0 Å². The zero-order valence-electron chi connectivity index (χ0n) is 26.9. The summed E-state index contributed by atoms with van der Waals surface area (Å²) in [6.07, 6.45) is 6.16. The van der Waals surface area contributed by atoms with Crippen LogP contribution in [-0.4, -0.2) is 52.7 Å². The minimum atomic E-state index is -0.892. The highest BCUT2D eigenvalue weighted by Crippen LogP contribution is 2.42. The molecule has 0 saturated carbocycles. The number of carboxylic acid groups (broad SMARTS) is 1. The van der Waals surface area contributed by atoms with Gasteiger partial charge in [-0.05, 0) is 72.3 Å². The van der Waals surface area contributed by atoms with Gasteiger partial charge in [0.05, 0.1) is 18.8 Å². The van der Waals surface area contributed by atoms with Gasteiger partial charge in [-0.15, -0.1) is 0 Å². The minimum Gasteiger partial charge on any atom is -0.481 e. The summed E-state index contributed by atoms with van der Waals surface area (Å²) >= 11 is 0. The van der Waals surface area contributed by atoms with Crippen LogP contribution in [0.25, 0.3) is 11.1 Å². The Morgan fingerprint density at radius 1 is 0.826 bits per heavy atom. The van der Waals surface area contributed by atoms with Gasteiger partial charge in [-0.3, -0.25) is 9.59 Å². The van der Waals surface area contributed by atoms with Gasteiger partial charge in [0.15, 0.2) is 6.29 Å². The van der Waals surface area contributed by atoms with Crippen LogP contribution in [0, 0.1) is 5.92 Å². The van der Waals surface area contributed by atoms with Crippen LogP contribution in [0.5, 0.6) is 0 Å². The molecule has 0 bridgehead atoms. The number of aliphatic hydroxyl groups excluding tert-OH is 1. The molecule has 2 heterocycles. The number of carbonyl (C=O) groups excluding carboxylic acids is 1. The molecule has 8 heteroatoms. The fourth-order valence-electron chi connectivity index (χ4n) is 6.49. The number of nitrogens with one attached hydrogen (secondary N) is 1. The molecule has 0 radical (unpaired) electrons. The second-order valence-corrected chi connectivity index (χ2v) is 12.7. The molecular formula is C38H48N2O6. The lowest BCUT2D eigenvalue weighted by molar-refractivity contribution is -0.276. The zero-order valence-corrected chi connectivity index (χ0v) is 26.9. The van der Waals surface area contributed by atoms with E-state index in [-0.39, 0.29) is 43.5 Å². The Balaban J connectivity index is 1.33. The molecule has 4 unspecified atom stereocenters. The third kappa shape index (κ3) is 9.48. The summed E-state index contributed by atoms with van der Waals surface area (Å²) < 4.78 is 13.5. The number of aliphatic hydroxyl groups is 1. The number of aliphatic carboxylic acids is 1. The van der Waals surface area contributed by atoms with Gasteiger partial charge in [0, 0.05) is 37.4 Å². The first-order valence-electron chi connectivity index (χ1n) is 16.8. The summed E-state index contributed by atoms with van der Waals surface area (Å²) in [7, 11) is 0. The number of rotatable bonds is 12. The van der Waals surface area contributed by atoms with Crippen molar-refractivity contribution in [1.29, 1.82) is 0 Å². The Morgan fingerprint density at radius 2 is 1.52 bits per heavy atom. The van der Waals surface area contributed by atoms with Crippen molar-refractivity contribution in [2.75, 3.05) is 19.6 Å². The Morgan fingerprint density at radius 3 is 2.24 bits per heavy atom. The summed E-state index contributed by atoms with van der Waals surface area (Å²) in [6.45, 7) is 5.68. The third-order valence-electron chi connectivity index (χ3n) is 9.21. The van der Waals surface area contributed by atoms with Crippen molar-refractivity contribution in [2.24, 2.45) is 5.92 Å². The summed E-state index contributed by atoms with van der Waals surface area (Å²) in [5.41, 5.74) is 5.94. The summed E-state index contributed by atoms with van der Waals surface area (Å²) in [6, 6.07) is 24.4. The molecular weight excluding hydrogens is 580 g/mol. The lowest BCUT2D eigenvalue weighted by atomic mass is 9.89. The Labute approximate surface area is 272 Å². The van der Waals surface area contributed by atoms with Crippen LogP contribution in [0.3, 0.4) is 0 Å². The van der Waals surface area contributed by atoms with Gasteiger partial charge in [0.2, 0.25) is 5.91 Å². The largest absolute Gasteiger partial charge is 0.481 e. The molecule has 0 aromatic heterocycles. The van der Waals surface area contributed by atoms with E-state index >= 15 is 0 Å². The minimum absolute atomic E-state index is 0.00760. The van der Waals surface area contributed by atoms with E-state index in [1.807, 2.05) is 30.3 Å². The first kappa shape index (κ1) is 33.8. The molecule has 2 aliphatic rings. The van der Waals surface area contributed by atoms with Crippen LogP contribution in [0.2, 0.25) is 0 Å². The van der Waals surface area contributed by atoms with Crippen LogP contribution in [0.1, 0.15) is 92.9 Å². The van der Waals surface area contributed by atoms with Gasteiger partial charge in [0.25, 0.3) is 0 Å². The van der Waals surface area contributed by atoms with Gasteiger partial charge in [-0.25, -0.2) is 0 Å². The molecule has 8 nitrogen and oxygen atoms in total. The third-order valence-corrected chi connectivity index (χ3v) is 9.21. The monoisotopic (exact) mass is 628 g/mol. The van der Waals surface area contributed by atoms with Crippen molar-refractivity contribution in [3.05, 3.63) is 95.1 Å². The zero-order chi connectivity index (χ0) is 32.3. The molecule has 4 atom stereocenters. The molecule has 3 aromatic rings. The average Bonchev–Trinajstić information content (AvgIpc) is 3.06. The Hall–Kier alpha value is -3.56. The maximum Gasteiger partial charge on any atom is 0.303 e. The number of carboxylic acids is 1. The molecule has 2 saturated heterocycles. The maximum absolute atomic E-state index is 12.2. The van der Waals surface area contributed by atoms with Crippen molar-refractivity contribution in [2.45, 2.75) is 89.9 Å². The van der Waals surface area contributed by atoms with E-state index in [9.17, 15) is 14.7 Å². The standard InChI is InChI=1S/C38H48N2O6/c1-27-34(25-40-20-5-3-2-4-6-21-40)45-38(46-37(27)30-18-16-28(26-41)17-19-30)33-13-8-12-32(23-33)31-11-7-10-29(22-31)24-39-35(42)14-9-15-36(43)44/h7-8,10-13,16-19,22-23,27,34,37-38,41H,2-6,9,14-15,20-21,24-26H2,1H3,(H,39,42)(H,43,44). The Kier molecular flexibility index (Phi) is 12.4. The van der Waals surface area contributed by atoms with Crippen molar-refractivity contribution in [1.82, 2.24) is 10.2 Å². The molecule has 1 amide bonds. The van der Waals surface area contributed by atoms with Crippen molar-refractivity contribution < 1.29 is 29.3 Å². The van der Waals surface area contributed by atoms with Crippen molar-refractivity contribution in [3.63, 3.8) is 0 Å². The van der Waals surface area contributed by atoms with Crippen LogP contribution in [0.15, 0.2) is 72.8 Å². The number of ether oxygens (including phenoxy) is 2. The summed E-state index contributed by atoms with van der Waals surface area (Å²) in [4.78, 5) is 25.5. The second-order valence-electron chi connectivity index (χ2n) is 12.7. The Bertz CT molecular complexity index is 1420. The van der Waals surface area contributed by atoms with E-state index in [0.717, 1.165) is 53.0 Å². The highest BCUT2D eigenvalue weighted by molar-refractivity contribution is 5.76. The lowest BCUT2D eigenvalue weighted by Crippen LogP contribution is -2.45. The highest BCUT2D eigenvalue weighted by Gasteiger charge is 2.39. The molecule has 46 heavy (non-hydrogen) atoms. The quantitative estimate of drug-likeness (QED) is 0.203. The molecule has 3 N–H and O–H groups in total. The number of likely N-dealkylation sites (tertiary alicyclic amines) is 1. The van der Waals surface area contributed by atoms with Crippen LogP contribution in [0.4, 0.5) is 0 Å². The van der Waals surface area contributed by atoms with Gasteiger partial charge >= 0.3 is 5.97 Å². The summed E-state index contributed by atoms with van der Waals surface area (Å²) in [5, 5.41) is 21.3. The molecule has 0 spiro atoms. The number of hydrogen-bond donors (Lipinski definition) is 3. The van der Waals surface area contributed by atoms with Gasteiger partial charge in [-0.2, -0.15) is 0 Å². The number of hydrogen-bond acceptors (Lipinski definition) is 6. The lowest BCUT2D eigenvalue weighted by Gasteiger charge is -2.43. The van der Waals surface area contributed by atoms with E-state index in [1.54, 1.807) is 0 Å².